The van der Waals surface area contributed by atoms with Crippen LogP contribution in [0.5, 0.6) is 0 Å². The Hall–Kier alpha value is -3.21. The van der Waals surface area contributed by atoms with E-state index in [2.05, 4.69) is 0 Å². The lowest BCUT2D eigenvalue weighted by atomic mass is 9.84. The second-order valence-electron chi connectivity index (χ2n) is 8.01. The molecule has 5 nitrogen and oxygen atoms in total. The van der Waals surface area contributed by atoms with E-state index in [1.165, 1.54) is 11.8 Å². The minimum atomic E-state index is -0.614. The maximum atomic E-state index is 13.4. The number of benzene rings is 2. The number of ketones is 1. The predicted molar refractivity (Wildman–Crippen MR) is 108 cm³/mol. The first kappa shape index (κ1) is 17.9. The number of amides is 2. The Morgan fingerprint density at radius 2 is 1.62 bits per heavy atom. The normalized spacial score (nSPS) is 27.1. The van der Waals surface area contributed by atoms with Gasteiger partial charge in [0.05, 0.1) is 23.9 Å². The van der Waals surface area contributed by atoms with Gasteiger partial charge in [-0.2, -0.15) is 0 Å². The monoisotopic (exact) mass is 386 g/mol. The number of fused-ring (bicyclic) bond motifs is 5. The zero-order chi connectivity index (χ0) is 20.1. The van der Waals surface area contributed by atoms with Crippen molar-refractivity contribution in [1.29, 1.82) is 0 Å². The average Bonchev–Trinajstić information content (AvgIpc) is 3.21. The van der Waals surface area contributed by atoms with Crippen molar-refractivity contribution in [1.82, 2.24) is 9.80 Å². The fourth-order valence-corrected chi connectivity index (χ4v) is 5.19. The molecule has 0 saturated carbocycles. The summed E-state index contributed by atoms with van der Waals surface area (Å²) in [5, 5.41) is 0. The summed E-state index contributed by atoms with van der Waals surface area (Å²) in [7, 11) is 0. The van der Waals surface area contributed by atoms with Gasteiger partial charge in [-0.3, -0.25) is 19.3 Å². The summed E-state index contributed by atoms with van der Waals surface area (Å²) in [6.07, 6.45) is 4.46. The fourth-order valence-electron chi connectivity index (χ4n) is 5.19. The number of imide groups is 1. The van der Waals surface area contributed by atoms with Gasteiger partial charge in [-0.1, -0.05) is 54.6 Å². The molecule has 2 amide bonds. The van der Waals surface area contributed by atoms with Crippen LogP contribution in [0.4, 0.5) is 0 Å². The average molecular weight is 386 g/mol. The van der Waals surface area contributed by atoms with Crippen molar-refractivity contribution in [3.8, 4) is 0 Å². The second-order valence-corrected chi connectivity index (χ2v) is 8.01. The Bertz CT molecular complexity index is 1030. The predicted octanol–water partition coefficient (Wildman–Crippen LogP) is 2.83. The van der Waals surface area contributed by atoms with Crippen molar-refractivity contribution in [2.45, 2.75) is 25.4 Å². The molecular weight excluding hydrogens is 364 g/mol. The summed E-state index contributed by atoms with van der Waals surface area (Å²) in [6, 6.07) is 16.9. The summed E-state index contributed by atoms with van der Waals surface area (Å²) in [4.78, 5) is 42.5. The van der Waals surface area contributed by atoms with E-state index in [4.69, 9.17) is 0 Å². The van der Waals surface area contributed by atoms with E-state index >= 15 is 0 Å². The lowest BCUT2D eigenvalue weighted by Crippen LogP contribution is -2.43. The van der Waals surface area contributed by atoms with E-state index in [-0.39, 0.29) is 23.6 Å². The van der Waals surface area contributed by atoms with Crippen molar-refractivity contribution in [3.63, 3.8) is 0 Å². The highest BCUT2D eigenvalue weighted by Gasteiger charge is 2.63. The molecular formula is C24H22N2O3. The summed E-state index contributed by atoms with van der Waals surface area (Å²) in [6.45, 7) is 1.87. The molecule has 2 aromatic rings. The molecule has 146 valence electrons. The standard InChI is InChI=1S/C24H22N2O3/c1-15(27)21-19-20(22-18-10-6-5-9-17(18)12-14-25(21)22)24(29)26(23(19)28)13-11-16-7-3-2-4-8-16/h2-10,12,14,19-22H,11,13H2,1H3/t19-,20+,21+,22-/m1/s1. The van der Waals surface area contributed by atoms with Crippen molar-refractivity contribution >= 4 is 23.7 Å². The molecule has 4 atom stereocenters. The van der Waals surface area contributed by atoms with Crippen LogP contribution in [0, 0.1) is 11.8 Å². The van der Waals surface area contributed by atoms with Gasteiger partial charge in [0.1, 0.15) is 0 Å². The van der Waals surface area contributed by atoms with Gasteiger partial charge >= 0.3 is 0 Å². The van der Waals surface area contributed by atoms with Gasteiger partial charge in [-0.15, -0.1) is 0 Å². The van der Waals surface area contributed by atoms with Crippen LogP contribution in [-0.4, -0.2) is 40.0 Å². The number of hydrogen-bond donors (Lipinski definition) is 0. The van der Waals surface area contributed by atoms with Gasteiger partial charge in [0.2, 0.25) is 11.8 Å². The lowest BCUT2D eigenvalue weighted by molar-refractivity contribution is -0.142. The third kappa shape index (κ3) is 2.64. The summed E-state index contributed by atoms with van der Waals surface area (Å²) >= 11 is 0. The molecule has 2 fully saturated rings. The van der Waals surface area contributed by atoms with Crippen LogP contribution in [0.3, 0.4) is 0 Å². The van der Waals surface area contributed by atoms with Gasteiger partial charge in [0.25, 0.3) is 0 Å². The molecule has 5 rings (SSSR count). The van der Waals surface area contributed by atoms with Gasteiger partial charge in [0, 0.05) is 12.7 Å². The summed E-state index contributed by atoms with van der Waals surface area (Å²) in [5.41, 5.74) is 3.14. The first-order chi connectivity index (χ1) is 14.1. The van der Waals surface area contributed by atoms with Gasteiger partial charge in [0.15, 0.2) is 5.78 Å². The third-order valence-electron chi connectivity index (χ3n) is 6.44. The van der Waals surface area contributed by atoms with Gasteiger partial charge in [-0.05, 0) is 36.1 Å². The molecule has 0 radical (unpaired) electrons. The fraction of sp³-hybridized carbons (Fsp3) is 0.292. The highest BCUT2D eigenvalue weighted by Crippen LogP contribution is 2.52. The topological polar surface area (TPSA) is 57.7 Å². The minimum Gasteiger partial charge on any atom is -0.359 e. The highest BCUT2D eigenvalue weighted by molar-refractivity contribution is 6.09. The number of carbonyl (C=O) groups excluding carboxylic acids is 3. The zero-order valence-corrected chi connectivity index (χ0v) is 16.2. The minimum absolute atomic E-state index is 0.0717. The van der Waals surface area contributed by atoms with Crippen LogP contribution >= 0.6 is 0 Å². The first-order valence-electron chi connectivity index (χ1n) is 10.0. The molecule has 3 aliphatic heterocycles. The number of rotatable bonds is 4. The highest BCUT2D eigenvalue weighted by atomic mass is 16.2. The van der Waals surface area contributed by atoms with Crippen LogP contribution in [0.25, 0.3) is 6.08 Å². The smallest absolute Gasteiger partial charge is 0.235 e. The molecule has 2 saturated heterocycles. The van der Waals surface area contributed by atoms with Crippen molar-refractivity contribution < 1.29 is 14.4 Å². The number of nitrogens with zero attached hydrogens (tertiary/aromatic N) is 2. The second kappa shape index (κ2) is 6.69. The maximum Gasteiger partial charge on any atom is 0.235 e. The first-order valence-corrected chi connectivity index (χ1v) is 10.0. The Kier molecular flexibility index (Phi) is 4.12. The maximum absolute atomic E-state index is 13.4. The van der Waals surface area contributed by atoms with E-state index in [0.717, 1.165) is 16.7 Å². The molecule has 0 N–H and O–H groups in total. The molecule has 0 aromatic heterocycles. The van der Waals surface area contributed by atoms with E-state index in [0.29, 0.717) is 13.0 Å². The number of carbonyl (C=O) groups is 3. The molecule has 0 unspecified atom stereocenters. The van der Waals surface area contributed by atoms with Crippen LogP contribution in [0.2, 0.25) is 0 Å². The lowest BCUT2D eigenvalue weighted by Gasteiger charge is -2.35. The molecule has 5 heteroatoms. The Balaban J connectivity index is 1.50. The molecule has 3 heterocycles. The molecule has 0 spiro atoms. The van der Waals surface area contributed by atoms with Crippen molar-refractivity contribution in [3.05, 3.63) is 77.5 Å². The number of likely N-dealkylation sites (tertiary alicyclic amines) is 1. The Labute approximate surface area is 169 Å². The van der Waals surface area contributed by atoms with E-state index in [9.17, 15) is 14.4 Å². The Morgan fingerprint density at radius 3 is 2.38 bits per heavy atom. The van der Waals surface area contributed by atoms with Gasteiger partial charge < -0.3 is 4.90 Å². The van der Waals surface area contributed by atoms with E-state index in [1.807, 2.05) is 71.8 Å². The van der Waals surface area contributed by atoms with E-state index in [1.54, 1.807) is 0 Å². The quantitative estimate of drug-likeness (QED) is 0.759. The molecule has 2 aromatic carbocycles. The van der Waals surface area contributed by atoms with Crippen LogP contribution in [0.1, 0.15) is 29.7 Å². The van der Waals surface area contributed by atoms with Crippen LogP contribution in [-0.2, 0) is 20.8 Å². The SMILES string of the molecule is CC(=O)[C@H]1[C@@H]2C(=O)N(CCc3ccccc3)C(=O)[C@@H]2[C@H]2c3ccccc3C=CN21. The molecule has 3 aliphatic rings. The zero-order valence-electron chi connectivity index (χ0n) is 16.2. The third-order valence-corrected chi connectivity index (χ3v) is 6.44. The Morgan fingerprint density at radius 1 is 0.931 bits per heavy atom. The van der Waals surface area contributed by atoms with Crippen molar-refractivity contribution in [2.24, 2.45) is 11.8 Å². The number of hydrogen-bond acceptors (Lipinski definition) is 4. The van der Waals surface area contributed by atoms with Crippen molar-refractivity contribution in [2.75, 3.05) is 6.54 Å². The molecule has 0 bridgehead atoms. The van der Waals surface area contributed by atoms with E-state index < -0.39 is 17.9 Å². The summed E-state index contributed by atoms with van der Waals surface area (Å²) < 4.78 is 0. The van der Waals surface area contributed by atoms with Crippen LogP contribution in [0.15, 0.2) is 60.8 Å². The molecule has 0 aliphatic carbocycles. The summed E-state index contributed by atoms with van der Waals surface area (Å²) in [5.74, 6) is -1.57. The van der Waals surface area contributed by atoms with Gasteiger partial charge in [-0.25, -0.2) is 0 Å². The number of Topliss-reactive ketones (excluding diaryl/α,β-unsaturated/α-hetero) is 1. The largest absolute Gasteiger partial charge is 0.359 e. The molecule has 29 heavy (non-hydrogen) atoms. The van der Waals surface area contributed by atoms with Crippen LogP contribution < -0.4 is 0 Å².